The Hall–Kier alpha value is -4.58. The smallest absolute Gasteiger partial charge is 0.429 e. The molecule has 0 saturated heterocycles. The SMILES string of the molecule is Cc1ccc(-c2ccc3cc(C(F)(F)Oc4cc(F)c5c(F)c(C#CC(F)(F)F)c(F)cc5c4)ccc3c2)cc1. The topological polar surface area (TPSA) is 9.23 Å². The van der Waals surface area contributed by atoms with Crippen molar-refractivity contribution in [2.45, 2.75) is 19.2 Å². The van der Waals surface area contributed by atoms with E-state index in [-0.39, 0.29) is 0 Å². The highest BCUT2D eigenvalue weighted by molar-refractivity contribution is 5.88. The predicted octanol–water partition coefficient (Wildman–Crippen LogP) is 9.43. The van der Waals surface area contributed by atoms with Crippen molar-refractivity contribution in [3.63, 3.8) is 0 Å². The summed E-state index contributed by atoms with van der Waals surface area (Å²) in [5.41, 5.74) is 1.08. The molecule has 0 atom stereocenters. The van der Waals surface area contributed by atoms with Gasteiger partial charge in [-0.25, -0.2) is 13.2 Å². The number of rotatable bonds is 4. The lowest BCUT2D eigenvalue weighted by molar-refractivity contribution is -0.185. The molecule has 40 heavy (non-hydrogen) atoms. The second kappa shape index (κ2) is 9.87. The molecule has 0 aliphatic heterocycles. The van der Waals surface area contributed by atoms with E-state index in [1.54, 1.807) is 12.1 Å². The van der Waals surface area contributed by atoms with Gasteiger partial charge < -0.3 is 4.74 Å². The molecule has 0 saturated carbocycles. The third-order valence-electron chi connectivity index (χ3n) is 6.19. The number of alkyl halides is 5. The summed E-state index contributed by atoms with van der Waals surface area (Å²) in [5.74, 6) is -3.40. The molecular weight excluding hydrogens is 540 g/mol. The quantitative estimate of drug-likeness (QED) is 0.158. The van der Waals surface area contributed by atoms with Crippen LogP contribution in [0, 0.1) is 36.2 Å². The average Bonchev–Trinajstić information content (AvgIpc) is 2.87. The Morgan fingerprint density at radius 1 is 0.650 bits per heavy atom. The Morgan fingerprint density at radius 2 is 1.30 bits per heavy atom. The second-order valence-corrected chi connectivity index (χ2v) is 9.06. The van der Waals surface area contributed by atoms with E-state index in [9.17, 15) is 26.3 Å². The van der Waals surface area contributed by atoms with Gasteiger partial charge in [0.15, 0.2) is 5.82 Å². The number of hydrogen-bond donors (Lipinski definition) is 0. The molecule has 9 heteroatoms. The first-order valence-corrected chi connectivity index (χ1v) is 11.7. The highest BCUT2D eigenvalue weighted by Crippen LogP contribution is 2.37. The number of hydrogen-bond acceptors (Lipinski definition) is 1. The molecule has 0 fully saturated rings. The molecule has 0 bridgehead atoms. The van der Waals surface area contributed by atoms with E-state index in [1.807, 2.05) is 37.3 Å². The second-order valence-electron chi connectivity index (χ2n) is 9.06. The predicted molar refractivity (Wildman–Crippen MR) is 135 cm³/mol. The van der Waals surface area contributed by atoms with Gasteiger partial charge in [-0.15, -0.1) is 0 Å². The third kappa shape index (κ3) is 5.43. The fourth-order valence-electron chi connectivity index (χ4n) is 4.25. The fraction of sp³-hybridized carbons (Fsp3) is 0.0968. The van der Waals surface area contributed by atoms with Crippen LogP contribution < -0.4 is 4.74 Å². The van der Waals surface area contributed by atoms with E-state index in [4.69, 9.17) is 4.74 Å². The number of fused-ring (bicyclic) bond motifs is 2. The van der Waals surface area contributed by atoms with Crippen molar-refractivity contribution in [1.29, 1.82) is 0 Å². The van der Waals surface area contributed by atoms with E-state index in [0.717, 1.165) is 28.8 Å². The van der Waals surface area contributed by atoms with Crippen LogP contribution in [0.3, 0.4) is 0 Å². The summed E-state index contributed by atoms with van der Waals surface area (Å²) in [6, 6.07) is 18.6. The highest BCUT2D eigenvalue weighted by atomic mass is 19.4. The molecule has 0 spiro atoms. The lowest BCUT2D eigenvalue weighted by atomic mass is 9.99. The Labute approximate surface area is 222 Å². The Kier molecular flexibility index (Phi) is 6.66. The summed E-state index contributed by atoms with van der Waals surface area (Å²) in [6.45, 7) is 1.96. The minimum Gasteiger partial charge on any atom is -0.429 e. The van der Waals surface area contributed by atoms with Crippen molar-refractivity contribution < 1.29 is 39.9 Å². The first kappa shape index (κ1) is 27.0. The van der Waals surface area contributed by atoms with Crippen LogP contribution in [0.1, 0.15) is 16.7 Å². The first-order chi connectivity index (χ1) is 18.8. The third-order valence-corrected chi connectivity index (χ3v) is 6.19. The minimum atomic E-state index is -5.04. The number of halogens is 8. The Balaban J connectivity index is 1.46. The van der Waals surface area contributed by atoms with E-state index < -0.39 is 57.4 Å². The monoisotopic (exact) mass is 556 g/mol. The van der Waals surface area contributed by atoms with Crippen molar-refractivity contribution in [3.8, 4) is 28.7 Å². The maximum atomic E-state index is 15.1. The molecule has 0 radical (unpaired) electrons. The number of benzene rings is 5. The van der Waals surface area contributed by atoms with Gasteiger partial charge in [-0.05, 0) is 64.5 Å². The van der Waals surface area contributed by atoms with Crippen LogP contribution in [-0.2, 0) is 6.11 Å². The van der Waals surface area contributed by atoms with Gasteiger partial charge in [0.1, 0.15) is 17.4 Å². The van der Waals surface area contributed by atoms with Crippen molar-refractivity contribution in [3.05, 3.63) is 113 Å². The molecule has 0 aromatic heterocycles. The normalized spacial score (nSPS) is 11.9. The summed E-state index contributed by atoms with van der Waals surface area (Å²) >= 11 is 0. The molecule has 0 aliphatic carbocycles. The molecule has 0 N–H and O–H groups in total. The van der Waals surface area contributed by atoms with Gasteiger partial charge in [0, 0.05) is 12.0 Å². The fourth-order valence-corrected chi connectivity index (χ4v) is 4.25. The zero-order valence-electron chi connectivity index (χ0n) is 20.4. The zero-order valence-corrected chi connectivity index (χ0v) is 20.4. The van der Waals surface area contributed by atoms with Gasteiger partial charge in [-0.1, -0.05) is 53.9 Å². The molecule has 1 nitrogen and oxygen atoms in total. The van der Waals surface area contributed by atoms with E-state index in [1.165, 1.54) is 18.1 Å². The van der Waals surface area contributed by atoms with Crippen LogP contribution in [0.2, 0.25) is 0 Å². The molecule has 202 valence electrons. The van der Waals surface area contributed by atoms with Gasteiger partial charge in [0.2, 0.25) is 0 Å². The van der Waals surface area contributed by atoms with Gasteiger partial charge in [-0.3, -0.25) is 0 Å². The van der Waals surface area contributed by atoms with Crippen LogP contribution in [0.4, 0.5) is 35.1 Å². The lowest BCUT2D eigenvalue weighted by Gasteiger charge is -2.19. The summed E-state index contributed by atoms with van der Waals surface area (Å²) in [6.07, 6.45) is -9.01. The molecular formula is C31H16F8O. The number of ether oxygens (including phenoxy) is 1. The Bertz CT molecular complexity index is 1830. The van der Waals surface area contributed by atoms with Crippen LogP contribution in [-0.4, -0.2) is 6.18 Å². The Morgan fingerprint density at radius 3 is 2.00 bits per heavy atom. The molecule has 0 unspecified atom stereocenters. The molecule has 0 aliphatic rings. The summed E-state index contributed by atoms with van der Waals surface area (Å²) < 4.78 is 116. The van der Waals surface area contributed by atoms with Crippen LogP contribution >= 0.6 is 0 Å². The van der Waals surface area contributed by atoms with Crippen LogP contribution in [0.25, 0.3) is 32.7 Å². The molecule has 5 aromatic rings. The largest absolute Gasteiger partial charge is 0.458 e. The first-order valence-electron chi connectivity index (χ1n) is 11.7. The van der Waals surface area contributed by atoms with Crippen LogP contribution in [0.15, 0.2) is 78.9 Å². The summed E-state index contributed by atoms with van der Waals surface area (Å²) in [4.78, 5) is 0. The van der Waals surface area contributed by atoms with Crippen molar-refractivity contribution >= 4 is 21.5 Å². The van der Waals surface area contributed by atoms with Crippen molar-refractivity contribution in [2.24, 2.45) is 0 Å². The van der Waals surface area contributed by atoms with Gasteiger partial charge in [0.05, 0.1) is 16.5 Å². The average molecular weight is 556 g/mol. The molecule has 5 aromatic carbocycles. The van der Waals surface area contributed by atoms with E-state index in [2.05, 4.69) is 0 Å². The maximum Gasteiger partial charge on any atom is 0.458 e. The molecule has 5 rings (SSSR count). The standard InChI is InChI=1S/C31H16F8O/c1-17-2-4-18(5-3-17)19-6-7-21-13-23(9-8-20(21)12-19)31(38,39)40-24-14-22-15-26(32)25(10-11-30(35,36)37)29(34)28(22)27(33)16-24/h2-9,12-16H,1H3. The van der Waals surface area contributed by atoms with E-state index in [0.29, 0.717) is 28.8 Å². The number of aryl methyl sites for hydroxylation is 1. The summed E-state index contributed by atoms with van der Waals surface area (Å²) in [7, 11) is 0. The van der Waals surface area contributed by atoms with Crippen LogP contribution in [0.5, 0.6) is 5.75 Å². The molecule has 0 amide bonds. The summed E-state index contributed by atoms with van der Waals surface area (Å²) in [5, 5.41) is -0.290. The van der Waals surface area contributed by atoms with Gasteiger partial charge in [0.25, 0.3) is 0 Å². The maximum absolute atomic E-state index is 15.1. The molecule has 0 heterocycles. The van der Waals surface area contributed by atoms with E-state index >= 15 is 8.78 Å². The minimum absolute atomic E-state index is 0.438. The van der Waals surface area contributed by atoms with Gasteiger partial charge in [-0.2, -0.15) is 22.0 Å². The highest BCUT2D eigenvalue weighted by Gasteiger charge is 2.35. The lowest BCUT2D eigenvalue weighted by Crippen LogP contribution is -2.22. The van der Waals surface area contributed by atoms with Crippen molar-refractivity contribution in [2.75, 3.05) is 0 Å². The van der Waals surface area contributed by atoms with Crippen molar-refractivity contribution in [1.82, 2.24) is 0 Å². The van der Waals surface area contributed by atoms with Gasteiger partial charge >= 0.3 is 12.3 Å². The zero-order chi connectivity index (χ0) is 28.8.